The van der Waals surface area contributed by atoms with E-state index in [4.69, 9.17) is 21.1 Å². The molecule has 0 radical (unpaired) electrons. The van der Waals surface area contributed by atoms with Crippen molar-refractivity contribution in [1.82, 2.24) is 0 Å². The molecule has 0 spiro atoms. The number of ether oxygens (including phenoxy) is 2. The molecule has 2 rings (SSSR count). The Balaban J connectivity index is 2.37. The van der Waals surface area contributed by atoms with E-state index in [0.717, 1.165) is 15.5 Å². The van der Waals surface area contributed by atoms with E-state index >= 15 is 0 Å². The van der Waals surface area contributed by atoms with E-state index in [1.54, 1.807) is 25.3 Å². The molecule has 0 atom stereocenters. The second-order valence-electron chi connectivity index (χ2n) is 4.29. The van der Waals surface area contributed by atoms with Crippen LogP contribution in [0.3, 0.4) is 0 Å². The topological polar surface area (TPSA) is 35.5 Å². The third-order valence-corrected chi connectivity index (χ3v) is 4.18. The van der Waals surface area contributed by atoms with Crippen molar-refractivity contribution in [3.05, 3.63) is 59.6 Å². The standard InChI is InChI=1S/C17H15ClO3S/c1-3-8-21-16-10-12(9-14(18)13(16)11-19)22-17-7-5-4-6-15(17)20-2/h3-7,9-11H,1,8H2,2H3. The Bertz CT molecular complexity index is 686. The van der Waals surface area contributed by atoms with Gasteiger partial charge in [-0.1, -0.05) is 48.2 Å². The zero-order valence-corrected chi connectivity index (χ0v) is 13.6. The fourth-order valence-electron chi connectivity index (χ4n) is 1.84. The molecule has 0 saturated carbocycles. The Morgan fingerprint density at radius 3 is 2.73 bits per heavy atom. The van der Waals surface area contributed by atoms with E-state index in [0.29, 0.717) is 29.2 Å². The maximum atomic E-state index is 11.2. The average molecular weight is 335 g/mol. The summed E-state index contributed by atoms with van der Waals surface area (Å²) in [5.74, 6) is 1.22. The fraction of sp³-hybridized carbons (Fsp3) is 0.118. The Morgan fingerprint density at radius 1 is 1.27 bits per heavy atom. The minimum absolute atomic E-state index is 0.306. The van der Waals surface area contributed by atoms with E-state index in [2.05, 4.69) is 6.58 Å². The summed E-state index contributed by atoms with van der Waals surface area (Å²) in [4.78, 5) is 13.0. The van der Waals surface area contributed by atoms with E-state index in [1.165, 1.54) is 11.8 Å². The quantitative estimate of drug-likeness (QED) is 0.534. The summed E-state index contributed by atoms with van der Waals surface area (Å²) < 4.78 is 10.8. The molecule has 2 aromatic carbocycles. The van der Waals surface area contributed by atoms with Crippen LogP contribution in [0.4, 0.5) is 0 Å². The van der Waals surface area contributed by atoms with Crippen LogP contribution in [0.1, 0.15) is 10.4 Å². The lowest BCUT2D eigenvalue weighted by Gasteiger charge is -2.12. The van der Waals surface area contributed by atoms with Crippen LogP contribution in [-0.4, -0.2) is 20.0 Å². The Morgan fingerprint density at radius 2 is 2.05 bits per heavy atom. The number of hydrogen-bond acceptors (Lipinski definition) is 4. The highest BCUT2D eigenvalue weighted by molar-refractivity contribution is 7.99. The largest absolute Gasteiger partial charge is 0.496 e. The number of rotatable bonds is 7. The average Bonchev–Trinajstić information content (AvgIpc) is 2.53. The van der Waals surface area contributed by atoms with Crippen molar-refractivity contribution in [3.8, 4) is 11.5 Å². The highest BCUT2D eigenvalue weighted by atomic mass is 35.5. The molecule has 3 nitrogen and oxygen atoms in total. The van der Waals surface area contributed by atoms with Gasteiger partial charge in [0, 0.05) is 4.90 Å². The second-order valence-corrected chi connectivity index (χ2v) is 5.81. The van der Waals surface area contributed by atoms with Crippen molar-refractivity contribution < 1.29 is 14.3 Å². The van der Waals surface area contributed by atoms with Crippen LogP contribution in [0, 0.1) is 0 Å². The van der Waals surface area contributed by atoms with Crippen LogP contribution in [0.15, 0.2) is 58.8 Å². The summed E-state index contributed by atoms with van der Waals surface area (Å²) >= 11 is 7.66. The molecular formula is C17H15ClO3S. The van der Waals surface area contributed by atoms with Crippen molar-refractivity contribution in [2.24, 2.45) is 0 Å². The Labute approximate surface area is 138 Å². The van der Waals surface area contributed by atoms with E-state index in [9.17, 15) is 4.79 Å². The van der Waals surface area contributed by atoms with Gasteiger partial charge < -0.3 is 9.47 Å². The minimum atomic E-state index is 0.306. The summed E-state index contributed by atoms with van der Waals surface area (Å²) in [6.45, 7) is 3.90. The molecule has 0 unspecified atom stereocenters. The van der Waals surface area contributed by atoms with Gasteiger partial charge >= 0.3 is 0 Å². The summed E-state index contributed by atoms with van der Waals surface area (Å²) in [6.07, 6.45) is 2.31. The van der Waals surface area contributed by atoms with Gasteiger partial charge in [0.1, 0.15) is 18.1 Å². The van der Waals surface area contributed by atoms with Gasteiger partial charge in [0.15, 0.2) is 6.29 Å². The maximum Gasteiger partial charge on any atom is 0.155 e. The maximum absolute atomic E-state index is 11.2. The summed E-state index contributed by atoms with van der Waals surface area (Å²) in [5.41, 5.74) is 0.341. The van der Waals surface area contributed by atoms with Gasteiger partial charge in [-0.3, -0.25) is 4.79 Å². The van der Waals surface area contributed by atoms with Gasteiger partial charge in [-0.2, -0.15) is 0 Å². The number of methoxy groups -OCH3 is 1. The van der Waals surface area contributed by atoms with Crippen LogP contribution in [0.5, 0.6) is 11.5 Å². The van der Waals surface area contributed by atoms with E-state index < -0.39 is 0 Å². The molecule has 0 aliphatic heterocycles. The van der Waals surface area contributed by atoms with Crippen molar-refractivity contribution in [3.63, 3.8) is 0 Å². The molecule has 0 aromatic heterocycles. The fourth-order valence-corrected chi connectivity index (χ4v) is 3.16. The van der Waals surface area contributed by atoms with Crippen LogP contribution >= 0.6 is 23.4 Å². The molecule has 0 fully saturated rings. The first kappa shape index (κ1) is 16.5. The first-order valence-electron chi connectivity index (χ1n) is 6.53. The number of aldehydes is 1. The third-order valence-electron chi connectivity index (χ3n) is 2.84. The van der Waals surface area contributed by atoms with Crippen molar-refractivity contribution in [1.29, 1.82) is 0 Å². The van der Waals surface area contributed by atoms with E-state index in [-0.39, 0.29) is 0 Å². The minimum Gasteiger partial charge on any atom is -0.496 e. The molecule has 0 heterocycles. The Hall–Kier alpha value is -1.91. The summed E-state index contributed by atoms with van der Waals surface area (Å²) in [7, 11) is 1.63. The smallest absolute Gasteiger partial charge is 0.155 e. The SMILES string of the molecule is C=CCOc1cc(Sc2ccccc2OC)cc(Cl)c1C=O. The van der Waals surface area contributed by atoms with Crippen LogP contribution in [-0.2, 0) is 0 Å². The molecule has 114 valence electrons. The van der Waals surface area contributed by atoms with Crippen LogP contribution in [0.25, 0.3) is 0 Å². The van der Waals surface area contributed by atoms with Crippen LogP contribution in [0.2, 0.25) is 5.02 Å². The molecule has 22 heavy (non-hydrogen) atoms. The van der Waals surface area contributed by atoms with Crippen molar-refractivity contribution >= 4 is 29.6 Å². The number of hydrogen-bond donors (Lipinski definition) is 0. The van der Waals surface area contributed by atoms with Gasteiger partial charge in [-0.25, -0.2) is 0 Å². The van der Waals surface area contributed by atoms with Gasteiger partial charge in [0.05, 0.1) is 22.6 Å². The number of benzene rings is 2. The number of para-hydroxylation sites is 1. The van der Waals surface area contributed by atoms with Crippen molar-refractivity contribution in [2.75, 3.05) is 13.7 Å². The summed E-state index contributed by atoms with van der Waals surface area (Å²) in [5, 5.41) is 0.356. The highest BCUT2D eigenvalue weighted by Crippen LogP contribution is 2.39. The molecule has 0 bridgehead atoms. The zero-order valence-electron chi connectivity index (χ0n) is 12.0. The zero-order chi connectivity index (χ0) is 15.9. The molecule has 0 amide bonds. The Kier molecular flexibility index (Phi) is 5.92. The molecular weight excluding hydrogens is 320 g/mol. The lowest BCUT2D eigenvalue weighted by Crippen LogP contribution is -1.98. The number of carbonyl (C=O) groups excluding carboxylic acids is 1. The number of halogens is 1. The molecule has 0 aliphatic rings. The molecule has 0 aliphatic carbocycles. The lowest BCUT2D eigenvalue weighted by atomic mass is 10.2. The molecule has 5 heteroatoms. The highest BCUT2D eigenvalue weighted by Gasteiger charge is 2.12. The molecule has 0 N–H and O–H groups in total. The molecule has 0 saturated heterocycles. The third kappa shape index (κ3) is 3.84. The predicted molar refractivity (Wildman–Crippen MR) is 89.6 cm³/mol. The van der Waals surface area contributed by atoms with Crippen LogP contribution < -0.4 is 9.47 Å². The van der Waals surface area contributed by atoms with Gasteiger partial charge in [0.2, 0.25) is 0 Å². The van der Waals surface area contributed by atoms with E-state index in [1.807, 2.05) is 24.3 Å². The monoisotopic (exact) mass is 334 g/mol. The first-order chi connectivity index (χ1) is 10.7. The predicted octanol–water partition coefficient (Wildman–Crippen LogP) is 4.88. The second kappa shape index (κ2) is 7.92. The van der Waals surface area contributed by atoms with Gasteiger partial charge in [-0.15, -0.1) is 0 Å². The lowest BCUT2D eigenvalue weighted by molar-refractivity contribution is 0.112. The first-order valence-corrected chi connectivity index (χ1v) is 7.72. The normalized spacial score (nSPS) is 10.1. The number of carbonyl (C=O) groups is 1. The summed E-state index contributed by atoms with van der Waals surface area (Å²) in [6, 6.07) is 11.2. The molecule has 2 aromatic rings. The van der Waals surface area contributed by atoms with Crippen molar-refractivity contribution in [2.45, 2.75) is 9.79 Å². The van der Waals surface area contributed by atoms with Gasteiger partial charge in [-0.05, 0) is 24.3 Å². The van der Waals surface area contributed by atoms with Gasteiger partial charge in [0.25, 0.3) is 0 Å².